The number of rotatable bonds is 7. The molecule has 0 aliphatic rings. The maximum absolute atomic E-state index is 13.6. The molecule has 12 heteroatoms. The summed E-state index contributed by atoms with van der Waals surface area (Å²) in [6.45, 7) is 7.48. The van der Waals surface area contributed by atoms with Crippen LogP contribution in [0.3, 0.4) is 0 Å². The summed E-state index contributed by atoms with van der Waals surface area (Å²) >= 11 is 16.8. The summed E-state index contributed by atoms with van der Waals surface area (Å²) in [6.07, 6.45) is 2.95. The van der Waals surface area contributed by atoms with E-state index in [9.17, 15) is 14.5 Å². The van der Waals surface area contributed by atoms with Crippen molar-refractivity contribution in [2.24, 2.45) is 0 Å². The van der Waals surface area contributed by atoms with Gasteiger partial charge in [-0.3, -0.25) is 9.55 Å². The Morgan fingerprint density at radius 1 is 1.14 bits per heavy atom. The van der Waals surface area contributed by atoms with E-state index in [2.05, 4.69) is 43.1 Å². The topological polar surface area (TPSA) is 102 Å². The van der Waals surface area contributed by atoms with Crippen LogP contribution in [0.15, 0.2) is 89.3 Å². The second-order valence-corrected chi connectivity index (χ2v) is 13.0. The molecule has 3 aromatic heterocycles. The molecule has 0 spiro atoms. The highest BCUT2D eigenvalue weighted by atomic mass is 35.5. The van der Waals surface area contributed by atoms with Crippen molar-refractivity contribution in [1.82, 2.24) is 4.98 Å². The molecule has 0 saturated carbocycles. The predicted octanol–water partition coefficient (Wildman–Crippen LogP) is 10.3. The lowest BCUT2D eigenvalue weighted by atomic mass is 10.1. The van der Waals surface area contributed by atoms with E-state index in [0.717, 1.165) is 28.0 Å². The Kier molecular flexibility index (Phi) is 12.3. The van der Waals surface area contributed by atoms with Gasteiger partial charge in [-0.15, -0.1) is 11.3 Å². The molecule has 0 saturated heterocycles. The van der Waals surface area contributed by atoms with Crippen LogP contribution in [0.25, 0.3) is 32.9 Å². The summed E-state index contributed by atoms with van der Waals surface area (Å²) in [7, 11) is -2.49. The highest BCUT2D eigenvalue weighted by Gasteiger charge is 2.30. The molecule has 3 heterocycles. The highest BCUT2D eigenvalue weighted by molar-refractivity contribution is 7.83. The number of hydrogen-bond donors (Lipinski definition) is 3. The van der Waals surface area contributed by atoms with Crippen molar-refractivity contribution < 1.29 is 23.4 Å². The fraction of sp³-hybridized carbons (Fsp3) is 0.133. The number of aromatic carboxylic acids is 1. The zero-order valence-electron chi connectivity index (χ0n) is 23.0. The smallest absolute Gasteiger partial charge is 0.348 e. The molecule has 1 atom stereocenters. The first-order valence-corrected chi connectivity index (χ1v) is 16.3. The second kappa shape index (κ2) is 15.4. The summed E-state index contributed by atoms with van der Waals surface area (Å²) < 4.78 is 24.8. The van der Waals surface area contributed by atoms with Crippen LogP contribution in [0, 0.1) is 0 Å². The molecule has 0 bridgehead atoms. The number of carboxylic acids is 1. The minimum atomic E-state index is -3.75. The summed E-state index contributed by atoms with van der Waals surface area (Å²) in [5.41, 5.74) is 3.25. The van der Waals surface area contributed by atoms with E-state index >= 15 is 0 Å². The van der Waals surface area contributed by atoms with Crippen molar-refractivity contribution in [3.63, 3.8) is 0 Å². The van der Waals surface area contributed by atoms with E-state index in [1.807, 2.05) is 42.5 Å². The van der Waals surface area contributed by atoms with Gasteiger partial charge in [0.1, 0.15) is 16.2 Å². The third-order valence-corrected chi connectivity index (χ3v) is 9.34. The molecule has 7 nitrogen and oxygen atoms in total. The van der Waals surface area contributed by atoms with Crippen molar-refractivity contribution in [2.75, 3.05) is 12.2 Å². The lowest BCUT2D eigenvalue weighted by Gasteiger charge is -2.19. The van der Waals surface area contributed by atoms with Crippen LogP contribution in [0.5, 0.6) is 0 Å². The van der Waals surface area contributed by atoms with E-state index in [1.54, 1.807) is 12.3 Å². The van der Waals surface area contributed by atoms with Crippen LogP contribution >= 0.6 is 54.7 Å². The number of halogens is 2. The van der Waals surface area contributed by atoms with Crippen LogP contribution in [-0.4, -0.2) is 23.2 Å². The van der Waals surface area contributed by atoms with Gasteiger partial charge in [-0.05, 0) is 47.4 Å². The monoisotopic (exact) mass is 662 g/mol. The number of carboxylic acid groups (broad SMARTS) is 1. The van der Waals surface area contributed by atoms with E-state index in [0.29, 0.717) is 21.2 Å². The van der Waals surface area contributed by atoms with Gasteiger partial charge in [-0.2, -0.15) is 12.6 Å². The molecule has 5 rings (SSSR count). The van der Waals surface area contributed by atoms with Gasteiger partial charge >= 0.3 is 13.5 Å². The van der Waals surface area contributed by atoms with Crippen molar-refractivity contribution in [3.05, 3.63) is 99.8 Å². The van der Waals surface area contributed by atoms with Gasteiger partial charge < -0.3 is 19.1 Å². The molecule has 220 valence electrons. The third kappa shape index (κ3) is 8.07. The first-order chi connectivity index (χ1) is 20.1. The Hall–Kier alpha value is -3.04. The Balaban J connectivity index is 0.000000745. The first kappa shape index (κ1) is 33.5. The van der Waals surface area contributed by atoms with Gasteiger partial charge in [-0.25, -0.2) is 4.79 Å². The van der Waals surface area contributed by atoms with E-state index in [1.165, 1.54) is 37.1 Å². The maximum atomic E-state index is 13.6. The van der Waals surface area contributed by atoms with Crippen LogP contribution < -0.4 is 10.4 Å². The molecule has 2 N–H and O–H groups in total. The third-order valence-electron chi connectivity index (χ3n) is 5.42. The largest absolute Gasteiger partial charge is 0.477 e. The molecular weight excluding hydrogens is 634 g/mol. The Morgan fingerprint density at radius 2 is 1.79 bits per heavy atom. The Bertz CT molecular complexity index is 1690. The number of aromatic nitrogens is 1. The average molecular weight is 664 g/mol. The minimum absolute atomic E-state index is 0.0141. The van der Waals surface area contributed by atoms with Crippen molar-refractivity contribution >= 4 is 82.7 Å². The molecule has 5 aromatic rings. The number of benzene rings is 2. The van der Waals surface area contributed by atoms with Gasteiger partial charge in [-0.1, -0.05) is 74.3 Å². The van der Waals surface area contributed by atoms with Gasteiger partial charge in [0.2, 0.25) is 0 Å². The van der Waals surface area contributed by atoms with Crippen LogP contribution in [0.4, 0.5) is 5.69 Å². The number of nitrogens with one attached hydrogen (secondary N) is 1. The normalized spacial score (nSPS) is 11.9. The van der Waals surface area contributed by atoms with E-state index < -0.39 is 13.5 Å². The first-order valence-electron chi connectivity index (χ1n) is 12.6. The van der Waals surface area contributed by atoms with Crippen molar-refractivity contribution in [3.8, 4) is 21.8 Å². The molecule has 0 aliphatic carbocycles. The molecular formula is C30H29Cl2N2O5PS2. The zero-order valence-corrected chi connectivity index (χ0v) is 27.1. The second-order valence-electron chi connectivity index (χ2n) is 8.56. The molecule has 0 amide bonds. The lowest BCUT2D eigenvalue weighted by Crippen LogP contribution is -2.15. The molecule has 2 aromatic carbocycles. The maximum Gasteiger partial charge on any atom is 0.348 e. The fourth-order valence-corrected chi connectivity index (χ4v) is 6.96. The summed E-state index contributed by atoms with van der Waals surface area (Å²) in [6, 6.07) is 19.1. The van der Waals surface area contributed by atoms with Crippen LogP contribution in [-0.2, 0) is 9.09 Å². The summed E-state index contributed by atoms with van der Waals surface area (Å²) in [5.74, 6) is -0.485. The molecule has 1 unspecified atom stereocenters. The quantitative estimate of drug-likeness (QED) is 0.118. The van der Waals surface area contributed by atoms with Crippen LogP contribution in [0.2, 0.25) is 10.0 Å². The number of thiol groups is 1. The van der Waals surface area contributed by atoms with E-state index in [4.69, 9.17) is 32.1 Å². The highest BCUT2D eigenvalue weighted by Crippen LogP contribution is 2.49. The minimum Gasteiger partial charge on any atom is -0.477 e. The molecule has 42 heavy (non-hydrogen) atoms. The predicted molar refractivity (Wildman–Crippen MR) is 179 cm³/mol. The Morgan fingerprint density at radius 3 is 2.36 bits per heavy atom. The van der Waals surface area contributed by atoms with Crippen molar-refractivity contribution in [1.29, 1.82) is 0 Å². The summed E-state index contributed by atoms with van der Waals surface area (Å²) in [5, 5.41) is 14.7. The Labute approximate surface area is 264 Å². The molecule has 0 aliphatic heterocycles. The lowest BCUT2D eigenvalue weighted by molar-refractivity contribution is 0.0703. The number of thiophene rings is 1. The van der Waals surface area contributed by atoms with Gasteiger partial charge in [0.25, 0.3) is 0 Å². The number of anilines is 1. The standard InChI is InChI=1S/C25H17Cl2N2O5PS.C3H8.C2H4S/c1-33-35(32,22-9-8-16(26)11-17(22)27)29-19-13-23(36-24(19)25(30)31)15-6-4-14(5-7-15)21-12-18-20(34-21)3-2-10-28-18;1-3-2;1-2-3/h2-13H,1H3,(H,29,32)(H,30,31);3H2,1-2H3;2-3H,1H2. The number of pyridine rings is 1. The number of furan rings is 1. The van der Waals surface area contributed by atoms with Gasteiger partial charge in [0.05, 0.1) is 16.0 Å². The number of carbonyl (C=O) groups is 1. The molecule has 0 radical (unpaired) electrons. The van der Waals surface area contributed by atoms with Crippen LogP contribution in [0.1, 0.15) is 29.9 Å². The van der Waals surface area contributed by atoms with Gasteiger partial charge in [0, 0.05) is 34.8 Å². The zero-order chi connectivity index (χ0) is 30.9. The molecule has 0 fully saturated rings. The average Bonchev–Trinajstić information content (AvgIpc) is 3.58. The number of nitrogens with zero attached hydrogens (tertiary/aromatic N) is 1. The van der Waals surface area contributed by atoms with Crippen molar-refractivity contribution in [2.45, 2.75) is 20.3 Å². The SMILES string of the molecule is C=CS.CCC.COP(=O)(Nc1cc(-c2ccc(-c3cc4ncccc4o3)cc2)sc1C(=O)O)c1ccc(Cl)cc1Cl. The van der Waals surface area contributed by atoms with E-state index in [-0.39, 0.29) is 20.9 Å². The fourth-order valence-electron chi connectivity index (χ4n) is 3.67. The number of hydrogen-bond acceptors (Lipinski definition) is 7. The summed E-state index contributed by atoms with van der Waals surface area (Å²) in [4.78, 5) is 16.9. The number of fused-ring (bicyclic) bond motifs is 1. The van der Waals surface area contributed by atoms with Gasteiger partial charge in [0.15, 0.2) is 5.58 Å².